The predicted molar refractivity (Wildman–Crippen MR) is 99.7 cm³/mol. The fraction of sp³-hybridized carbons (Fsp3) is 0.400. The molecule has 4 rings (SSSR count). The third-order valence-corrected chi connectivity index (χ3v) is 5.00. The standard InChI is InChI=1S/C18H18N2O3.C2H6/c1-11-13-8-4-5-9-14(13)20-15(18(22)23)10-19(17(21)16(11)20)12-6-2-3-7-12;1-2/h4-5,8-10,12H,2-3,6-7H2,1H3,(H,22,23);1-2H3. The van der Waals surface area contributed by atoms with Crippen LogP contribution in [0.1, 0.15) is 61.6 Å². The van der Waals surface area contributed by atoms with Crippen molar-refractivity contribution >= 4 is 22.4 Å². The summed E-state index contributed by atoms with van der Waals surface area (Å²) in [6, 6.07) is 7.68. The molecule has 1 aromatic carbocycles. The number of rotatable bonds is 2. The van der Waals surface area contributed by atoms with Gasteiger partial charge >= 0.3 is 5.97 Å². The van der Waals surface area contributed by atoms with Gasteiger partial charge in [-0.05, 0) is 31.4 Å². The molecule has 2 heterocycles. The van der Waals surface area contributed by atoms with Crippen molar-refractivity contribution in [1.82, 2.24) is 8.97 Å². The van der Waals surface area contributed by atoms with Gasteiger partial charge in [0.25, 0.3) is 5.56 Å². The smallest absolute Gasteiger partial charge is 0.354 e. The molecule has 5 nitrogen and oxygen atoms in total. The van der Waals surface area contributed by atoms with Crippen molar-refractivity contribution in [1.29, 1.82) is 0 Å². The first-order valence-corrected chi connectivity index (χ1v) is 8.98. The Hall–Kier alpha value is -2.56. The zero-order chi connectivity index (χ0) is 18.1. The van der Waals surface area contributed by atoms with Crippen molar-refractivity contribution < 1.29 is 9.90 Å². The Labute approximate surface area is 146 Å². The molecule has 3 aromatic rings. The first kappa shape index (κ1) is 17.3. The fourth-order valence-corrected chi connectivity index (χ4v) is 3.88. The van der Waals surface area contributed by atoms with Gasteiger partial charge in [-0.25, -0.2) is 4.79 Å². The van der Waals surface area contributed by atoms with Gasteiger partial charge in [0, 0.05) is 17.6 Å². The number of hydrogen-bond donors (Lipinski definition) is 1. The number of carboxylic acid groups (broad SMARTS) is 1. The highest BCUT2D eigenvalue weighted by Crippen LogP contribution is 2.30. The number of aromatic nitrogens is 2. The molecule has 0 radical (unpaired) electrons. The second-order valence-electron chi connectivity index (χ2n) is 6.30. The molecule has 1 saturated carbocycles. The van der Waals surface area contributed by atoms with Crippen molar-refractivity contribution in [2.24, 2.45) is 0 Å². The van der Waals surface area contributed by atoms with Gasteiger partial charge < -0.3 is 9.67 Å². The number of aryl methyl sites for hydroxylation is 1. The van der Waals surface area contributed by atoms with E-state index < -0.39 is 5.97 Å². The molecule has 0 amide bonds. The van der Waals surface area contributed by atoms with E-state index in [-0.39, 0.29) is 17.3 Å². The highest BCUT2D eigenvalue weighted by Gasteiger charge is 2.24. The molecule has 5 heteroatoms. The molecule has 0 saturated heterocycles. The minimum atomic E-state index is -1.01. The molecule has 0 aliphatic heterocycles. The number of benzene rings is 1. The molecule has 1 aliphatic carbocycles. The van der Waals surface area contributed by atoms with Gasteiger partial charge in [-0.1, -0.05) is 44.9 Å². The van der Waals surface area contributed by atoms with E-state index in [1.165, 1.54) is 6.20 Å². The molecule has 1 aliphatic rings. The second kappa shape index (κ2) is 6.75. The van der Waals surface area contributed by atoms with Crippen LogP contribution in [0.25, 0.3) is 16.4 Å². The van der Waals surface area contributed by atoms with E-state index in [4.69, 9.17) is 0 Å². The quantitative estimate of drug-likeness (QED) is 0.752. The summed E-state index contributed by atoms with van der Waals surface area (Å²) in [5, 5.41) is 10.6. The van der Waals surface area contributed by atoms with E-state index in [0.29, 0.717) is 5.52 Å². The van der Waals surface area contributed by atoms with Gasteiger partial charge in [0.1, 0.15) is 11.2 Å². The third-order valence-electron chi connectivity index (χ3n) is 5.00. The lowest BCUT2D eigenvalue weighted by Gasteiger charge is -2.16. The minimum absolute atomic E-state index is 0.0874. The highest BCUT2D eigenvalue weighted by atomic mass is 16.4. The Morgan fingerprint density at radius 2 is 1.80 bits per heavy atom. The van der Waals surface area contributed by atoms with Gasteiger partial charge in [0.05, 0.1) is 5.52 Å². The summed E-state index contributed by atoms with van der Waals surface area (Å²) in [4.78, 5) is 24.8. The maximum atomic E-state index is 13.0. The van der Waals surface area contributed by atoms with Gasteiger partial charge in [0.2, 0.25) is 0 Å². The number of para-hydroxylation sites is 1. The summed E-state index contributed by atoms with van der Waals surface area (Å²) in [5.74, 6) is -1.01. The van der Waals surface area contributed by atoms with Crippen LogP contribution in [0.15, 0.2) is 35.3 Å². The summed E-state index contributed by atoms with van der Waals surface area (Å²) >= 11 is 0. The van der Waals surface area contributed by atoms with Gasteiger partial charge in [0.15, 0.2) is 0 Å². The number of hydrogen-bond acceptors (Lipinski definition) is 2. The molecule has 2 aromatic heterocycles. The number of carbonyl (C=O) groups is 1. The number of nitrogens with zero attached hydrogens (tertiary/aromatic N) is 2. The van der Waals surface area contributed by atoms with Crippen molar-refractivity contribution in [3.8, 4) is 0 Å². The third kappa shape index (κ3) is 2.64. The number of fused-ring (bicyclic) bond motifs is 3. The van der Waals surface area contributed by atoms with Crippen LogP contribution in [0, 0.1) is 6.92 Å². The van der Waals surface area contributed by atoms with Crippen molar-refractivity contribution in [3.05, 3.63) is 52.1 Å². The van der Waals surface area contributed by atoms with Gasteiger partial charge in [-0.3, -0.25) is 9.20 Å². The van der Waals surface area contributed by atoms with E-state index in [2.05, 4.69) is 0 Å². The number of carboxylic acids is 1. The van der Waals surface area contributed by atoms with Crippen LogP contribution < -0.4 is 5.56 Å². The van der Waals surface area contributed by atoms with E-state index in [9.17, 15) is 14.7 Å². The zero-order valence-corrected chi connectivity index (χ0v) is 15.0. The molecule has 25 heavy (non-hydrogen) atoms. The Balaban J connectivity index is 0.000000880. The van der Waals surface area contributed by atoms with Crippen LogP contribution in [0.3, 0.4) is 0 Å². The molecule has 0 atom stereocenters. The second-order valence-corrected chi connectivity index (χ2v) is 6.30. The van der Waals surface area contributed by atoms with E-state index in [0.717, 1.165) is 42.1 Å². The highest BCUT2D eigenvalue weighted by molar-refractivity contribution is 5.96. The maximum absolute atomic E-state index is 13.0. The van der Waals surface area contributed by atoms with Gasteiger partial charge in [-0.2, -0.15) is 0 Å². The topological polar surface area (TPSA) is 63.7 Å². The van der Waals surface area contributed by atoms with Crippen LogP contribution in [0.5, 0.6) is 0 Å². The summed E-state index contributed by atoms with van der Waals surface area (Å²) in [5.41, 5.74) is 2.16. The molecule has 1 fully saturated rings. The van der Waals surface area contributed by atoms with Crippen LogP contribution in [0.4, 0.5) is 0 Å². The van der Waals surface area contributed by atoms with Crippen LogP contribution >= 0.6 is 0 Å². The zero-order valence-electron chi connectivity index (χ0n) is 15.0. The average molecular weight is 340 g/mol. The maximum Gasteiger partial charge on any atom is 0.354 e. The van der Waals surface area contributed by atoms with E-state index in [1.807, 2.05) is 45.0 Å². The Morgan fingerprint density at radius 3 is 2.44 bits per heavy atom. The lowest BCUT2D eigenvalue weighted by molar-refractivity contribution is 0.0688. The Bertz CT molecular complexity index is 991. The lowest BCUT2D eigenvalue weighted by atomic mass is 10.2. The Kier molecular flexibility index (Phi) is 4.66. The largest absolute Gasteiger partial charge is 0.477 e. The SMILES string of the molecule is CC.Cc1c2ccccc2n2c(C(=O)O)cn(C3CCCC3)c(=O)c12. The minimum Gasteiger partial charge on any atom is -0.477 e. The molecule has 0 bridgehead atoms. The molecule has 0 spiro atoms. The average Bonchev–Trinajstić information content (AvgIpc) is 3.25. The first-order chi connectivity index (χ1) is 12.1. The Morgan fingerprint density at radius 1 is 1.16 bits per heavy atom. The molecule has 132 valence electrons. The molecular weight excluding hydrogens is 316 g/mol. The van der Waals surface area contributed by atoms with Crippen LogP contribution in [-0.2, 0) is 0 Å². The summed E-state index contributed by atoms with van der Waals surface area (Å²) in [6.45, 7) is 5.89. The van der Waals surface area contributed by atoms with Crippen LogP contribution in [-0.4, -0.2) is 20.0 Å². The lowest BCUT2D eigenvalue weighted by Crippen LogP contribution is -2.27. The first-order valence-electron chi connectivity index (χ1n) is 8.98. The van der Waals surface area contributed by atoms with Crippen molar-refractivity contribution in [3.63, 3.8) is 0 Å². The monoisotopic (exact) mass is 340 g/mol. The predicted octanol–water partition coefficient (Wildman–Crippen LogP) is 4.40. The normalized spacial score (nSPS) is 14.7. The summed E-state index contributed by atoms with van der Waals surface area (Å²) in [6.07, 6.45) is 5.59. The van der Waals surface area contributed by atoms with Crippen molar-refractivity contribution in [2.75, 3.05) is 0 Å². The molecular formula is C20H24N2O3. The summed E-state index contributed by atoms with van der Waals surface area (Å²) in [7, 11) is 0. The van der Waals surface area contributed by atoms with E-state index >= 15 is 0 Å². The van der Waals surface area contributed by atoms with Crippen molar-refractivity contribution in [2.45, 2.75) is 52.5 Å². The summed E-state index contributed by atoms with van der Waals surface area (Å²) < 4.78 is 3.25. The molecule has 1 N–H and O–H groups in total. The molecule has 0 unspecified atom stereocenters. The van der Waals surface area contributed by atoms with Crippen LogP contribution in [0.2, 0.25) is 0 Å². The number of aromatic carboxylic acids is 1. The fourth-order valence-electron chi connectivity index (χ4n) is 3.88. The van der Waals surface area contributed by atoms with E-state index in [1.54, 1.807) is 8.97 Å². The van der Waals surface area contributed by atoms with Gasteiger partial charge in [-0.15, -0.1) is 0 Å².